The molecular weight excluding hydrogens is 256 g/mol. The van der Waals surface area contributed by atoms with E-state index in [1.807, 2.05) is 25.5 Å². The summed E-state index contributed by atoms with van der Waals surface area (Å²) in [6, 6.07) is 1.93. The molecule has 0 aliphatic heterocycles. The van der Waals surface area contributed by atoms with Crippen LogP contribution in [-0.4, -0.2) is 14.8 Å². The Morgan fingerprint density at radius 3 is 3.00 bits per heavy atom. The first kappa shape index (κ1) is 10.2. The van der Waals surface area contributed by atoms with Gasteiger partial charge in [-0.1, -0.05) is 0 Å². The van der Waals surface area contributed by atoms with E-state index >= 15 is 0 Å². The fourth-order valence-corrected chi connectivity index (χ4v) is 1.67. The molecule has 2 aromatic rings. The SMILES string of the molecule is Cn1cc(CNc2ccncc2Br)cn1. The highest BCUT2D eigenvalue weighted by atomic mass is 79.9. The predicted molar refractivity (Wildman–Crippen MR) is 62.5 cm³/mol. The number of nitrogens with zero attached hydrogens (tertiary/aromatic N) is 3. The topological polar surface area (TPSA) is 42.7 Å². The molecule has 0 amide bonds. The van der Waals surface area contributed by atoms with Gasteiger partial charge >= 0.3 is 0 Å². The molecule has 0 fully saturated rings. The molecule has 0 aliphatic carbocycles. The summed E-state index contributed by atoms with van der Waals surface area (Å²) in [6.45, 7) is 0.760. The van der Waals surface area contributed by atoms with Crippen LogP contribution in [0.2, 0.25) is 0 Å². The fourth-order valence-electron chi connectivity index (χ4n) is 1.28. The lowest BCUT2D eigenvalue weighted by atomic mass is 10.3. The lowest BCUT2D eigenvalue weighted by molar-refractivity contribution is 0.767. The van der Waals surface area contributed by atoms with Crippen molar-refractivity contribution in [1.82, 2.24) is 14.8 Å². The zero-order valence-electron chi connectivity index (χ0n) is 8.31. The highest BCUT2D eigenvalue weighted by molar-refractivity contribution is 9.10. The number of pyridine rings is 1. The first-order valence-corrected chi connectivity index (χ1v) is 5.36. The van der Waals surface area contributed by atoms with Crippen LogP contribution < -0.4 is 5.32 Å². The van der Waals surface area contributed by atoms with E-state index in [2.05, 4.69) is 31.3 Å². The van der Waals surface area contributed by atoms with Gasteiger partial charge in [0.1, 0.15) is 0 Å². The molecule has 0 saturated heterocycles. The molecule has 0 atom stereocenters. The molecule has 4 nitrogen and oxygen atoms in total. The van der Waals surface area contributed by atoms with Gasteiger partial charge in [0.15, 0.2) is 0 Å². The second-order valence-electron chi connectivity index (χ2n) is 3.23. The van der Waals surface area contributed by atoms with Crippen molar-refractivity contribution in [1.29, 1.82) is 0 Å². The molecule has 0 aromatic carbocycles. The second-order valence-corrected chi connectivity index (χ2v) is 4.09. The Morgan fingerprint density at radius 1 is 1.47 bits per heavy atom. The Kier molecular flexibility index (Phi) is 3.01. The van der Waals surface area contributed by atoms with Crippen LogP contribution in [0, 0.1) is 0 Å². The first-order valence-electron chi connectivity index (χ1n) is 4.56. The van der Waals surface area contributed by atoms with E-state index in [1.165, 1.54) is 0 Å². The van der Waals surface area contributed by atoms with Crippen molar-refractivity contribution in [3.63, 3.8) is 0 Å². The number of anilines is 1. The minimum absolute atomic E-state index is 0.760. The van der Waals surface area contributed by atoms with E-state index in [9.17, 15) is 0 Å². The molecule has 78 valence electrons. The van der Waals surface area contributed by atoms with Gasteiger partial charge in [-0.05, 0) is 22.0 Å². The van der Waals surface area contributed by atoms with Crippen LogP contribution in [0.5, 0.6) is 0 Å². The van der Waals surface area contributed by atoms with Gasteiger partial charge < -0.3 is 5.32 Å². The van der Waals surface area contributed by atoms with Gasteiger partial charge in [0.2, 0.25) is 0 Å². The van der Waals surface area contributed by atoms with Gasteiger partial charge in [-0.15, -0.1) is 0 Å². The Morgan fingerprint density at radius 2 is 2.33 bits per heavy atom. The van der Waals surface area contributed by atoms with Gasteiger partial charge in [-0.2, -0.15) is 5.10 Å². The number of hydrogen-bond acceptors (Lipinski definition) is 3. The molecule has 0 saturated carbocycles. The number of rotatable bonds is 3. The molecule has 0 spiro atoms. The molecule has 2 rings (SSSR count). The van der Waals surface area contributed by atoms with Crippen molar-refractivity contribution in [2.24, 2.45) is 7.05 Å². The first-order chi connectivity index (χ1) is 7.25. The summed E-state index contributed by atoms with van der Waals surface area (Å²) in [5.41, 5.74) is 2.19. The zero-order chi connectivity index (χ0) is 10.7. The molecule has 2 heterocycles. The van der Waals surface area contributed by atoms with Crippen molar-refractivity contribution < 1.29 is 0 Å². The van der Waals surface area contributed by atoms with Gasteiger partial charge in [0.05, 0.1) is 16.4 Å². The number of hydrogen-bond donors (Lipinski definition) is 1. The highest BCUT2D eigenvalue weighted by Gasteiger charge is 1.99. The normalized spacial score (nSPS) is 10.3. The molecule has 0 bridgehead atoms. The molecule has 0 aliphatic rings. The second kappa shape index (κ2) is 4.44. The minimum Gasteiger partial charge on any atom is -0.380 e. The van der Waals surface area contributed by atoms with Crippen LogP contribution in [0.25, 0.3) is 0 Å². The third-order valence-electron chi connectivity index (χ3n) is 2.01. The Balaban J connectivity index is 2.02. The maximum absolute atomic E-state index is 4.10. The van der Waals surface area contributed by atoms with Crippen molar-refractivity contribution in [2.45, 2.75) is 6.54 Å². The number of halogens is 1. The average Bonchev–Trinajstić information content (AvgIpc) is 2.63. The molecule has 2 aromatic heterocycles. The molecule has 15 heavy (non-hydrogen) atoms. The zero-order valence-corrected chi connectivity index (χ0v) is 9.90. The van der Waals surface area contributed by atoms with Gasteiger partial charge in [0, 0.05) is 37.7 Å². The fraction of sp³-hybridized carbons (Fsp3) is 0.200. The van der Waals surface area contributed by atoms with Crippen LogP contribution in [0.15, 0.2) is 35.3 Å². The van der Waals surface area contributed by atoms with E-state index < -0.39 is 0 Å². The molecule has 1 N–H and O–H groups in total. The summed E-state index contributed by atoms with van der Waals surface area (Å²) in [5.74, 6) is 0. The standard InChI is InChI=1S/C10H11BrN4/c1-15-7-8(5-14-15)4-13-10-2-3-12-6-9(10)11/h2-3,5-7H,4H2,1H3,(H,12,13). The highest BCUT2D eigenvalue weighted by Crippen LogP contribution is 2.20. The van der Waals surface area contributed by atoms with Crippen LogP contribution in [0.4, 0.5) is 5.69 Å². The monoisotopic (exact) mass is 266 g/mol. The van der Waals surface area contributed by atoms with Crippen LogP contribution in [0.1, 0.15) is 5.56 Å². The number of nitrogens with one attached hydrogen (secondary N) is 1. The smallest absolute Gasteiger partial charge is 0.0590 e. The summed E-state index contributed by atoms with van der Waals surface area (Å²) in [4.78, 5) is 4.00. The maximum Gasteiger partial charge on any atom is 0.0590 e. The average molecular weight is 267 g/mol. The van der Waals surface area contributed by atoms with Gasteiger partial charge in [-0.3, -0.25) is 9.67 Å². The van der Waals surface area contributed by atoms with E-state index in [0.29, 0.717) is 0 Å². The largest absolute Gasteiger partial charge is 0.380 e. The third kappa shape index (κ3) is 2.56. The summed E-state index contributed by atoms with van der Waals surface area (Å²) >= 11 is 3.43. The lowest BCUT2D eigenvalue weighted by Crippen LogP contribution is -1.99. The molecule has 0 unspecified atom stereocenters. The van der Waals surface area contributed by atoms with E-state index in [0.717, 1.165) is 22.3 Å². The van der Waals surface area contributed by atoms with Gasteiger partial charge in [0.25, 0.3) is 0 Å². The van der Waals surface area contributed by atoms with Crippen molar-refractivity contribution in [2.75, 3.05) is 5.32 Å². The Bertz CT molecular complexity index is 452. The van der Waals surface area contributed by atoms with Crippen LogP contribution in [-0.2, 0) is 13.6 Å². The summed E-state index contributed by atoms with van der Waals surface area (Å²) in [5, 5.41) is 7.41. The summed E-state index contributed by atoms with van der Waals surface area (Å²) < 4.78 is 2.76. The van der Waals surface area contributed by atoms with E-state index in [-0.39, 0.29) is 0 Å². The van der Waals surface area contributed by atoms with Crippen molar-refractivity contribution >= 4 is 21.6 Å². The van der Waals surface area contributed by atoms with E-state index in [1.54, 1.807) is 17.1 Å². The number of aromatic nitrogens is 3. The van der Waals surface area contributed by atoms with Crippen molar-refractivity contribution in [3.8, 4) is 0 Å². The van der Waals surface area contributed by atoms with Gasteiger partial charge in [-0.25, -0.2) is 0 Å². The quantitative estimate of drug-likeness (QED) is 0.926. The Hall–Kier alpha value is -1.36. The Labute approximate surface area is 96.5 Å². The lowest BCUT2D eigenvalue weighted by Gasteiger charge is -2.05. The summed E-state index contributed by atoms with van der Waals surface area (Å²) in [6.07, 6.45) is 7.37. The number of aryl methyl sites for hydroxylation is 1. The van der Waals surface area contributed by atoms with Crippen molar-refractivity contribution in [3.05, 3.63) is 40.9 Å². The minimum atomic E-state index is 0.760. The van der Waals surface area contributed by atoms with Crippen LogP contribution >= 0.6 is 15.9 Å². The molecular formula is C10H11BrN4. The van der Waals surface area contributed by atoms with Crippen LogP contribution in [0.3, 0.4) is 0 Å². The molecule has 0 radical (unpaired) electrons. The maximum atomic E-state index is 4.10. The third-order valence-corrected chi connectivity index (χ3v) is 2.65. The predicted octanol–water partition coefficient (Wildman–Crippen LogP) is 2.19. The molecule has 5 heteroatoms. The van der Waals surface area contributed by atoms with E-state index in [4.69, 9.17) is 0 Å². The summed E-state index contributed by atoms with van der Waals surface area (Å²) in [7, 11) is 1.91.